The predicted molar refractivity (Wildman–Crippen MR) is 50.8 cm³/mol. The van der Waals surface area contributed by atoms with Crippen LogP contribution in [-0.2, 0) is 9.47 Å². The maximum absolute atomic E-state index is 11.0. The second-order valence-corrected chi connectivity index (χ2v) is 4.03. The van der Waals surface area contributed by atoms with Crippen LogP contribution in [0.3, 0.4) is 0 Å². The minimum Gasteiger partial charge on any atom is -0.417 e. The Labute approximate surface area is 91.7 Å². The maximum atomic E-state index is 11.0. The van der Waals surface area contributed by atoms with E-state index in [0.717, 1.165) is 0 Å². The minimum absolute atomic E-state index is 1.03. The quantitative estimate of drug-likeness (QED) is 0.635. The topological polar surface area (TPSA) is 102 Å². The molecule has 1 aliphatic rings. The molecule has 0 saturated carbocycles. The average Bonchev–Trinajstić information content (AvgIpc) is 2.10. The molecule has 0 N–H and O–H groups in total. The Balaban J connectivity index is 3.00. The van der Waals surface area contributed by atoms with E-state index in [1.54, 1.807) is 0 Å². The van der Waals surface area contributed by atoms with Crippen molar-refractivity contribution in [1.82, 2.24) is 0 Å². The molecule has 1 rings (SSSR count). The zero-order valence-electron chi connectivity index (χ0n) is 9.42. The van der Waals surface area contributed by atoms with Crippen LogP contribution >= 0.6 is 0 Å². The second-order valence-electron chi connectivity index (χ2n) is 4.03. The zero-order chi connectivity index (χ0) is 12.4. The summed E-state index contributed by atoms with van der Waals surface area (Å²) in [5.41, 5.74) is -2.37. The summed E-state index contributed by atoms with van der Waals surface area (Å²) in [5.74, 6) is 0. The molecule has 88 valence electrons. The normalized spacial score (nSPS) is 27.5. The van der Waals surface area contributed by atoms with Crippen LogP contribution in [0.15, 0.2) is 20.5 Å². The molecule has 8 heteroatoms. The van der Waals surface area contributed by atoms with E-state index in [9.17, 15) is 9.59 Å². The molecule has 0 atom stereocenters. The first-order valence-corrected chi connectivity index (χ1v) is 4.52. The third-order valence-electron chi connectivity index (χ3n) is 1.42. The van der Waals surface area contributed by atoms with E-state index in [0.29, 0.717) is 0 Å². The number of azo groups is 2. The zero-order valence-corrected chi connectivity index (χ0v) is 9.42. The molecule has 0 radical (unpaired) electrons. The van der Waals surface area contributed by atoms with Crippen LogP contribution in [-0.4, -0.2) is 23.6 Å². The van der Waals surface area contributed by atoms with Crippen LogP contribution in [0, 0.1) is 0 Å². The molecule has 0 unspecified atom stereocenters. The van der Waals surface area contributed by atoms with Gasteiger partial charge in [0.2, 0.25) is 11.4 Å². The van der Waals surface area contributed by atoms with Crippen molar-refractivity contribution in [2.45, 2.75) is 39.1 Å². The molecule has 0 aromatic carbocycles. The van der Waals surface area contributed by atoms with Crippen molar-refractivity contribution >= 4 is 12.2 Å². The number of amides is 2. The molecule has 0 aromatic heterocycles. The van der Waals surface area contributed by atoms with Crippen molar-refractivity contribution in [3.8, 4) is 0 Å². The minimum atomic E-state index is -1.18. The van der Waals surface area contributed by atoms with E-state index in [1.807, 2.05) is 0 Å². The molecule has 1 aliphatic heterocycles. The lowest BCUT2D eigenvalue weighted by Gasteiger charge is -2.22. The van der Waals surface area contributed by atoms with Gasteiger partial charge in [0.05, 0.1) is 0 Å². The van der Waals surface area contributed by atoms with Gasteiger partial charge in [-0.25, -0.2) is 9.59 Å². The SMILES string of the molecule is CC1(C)/N=N\C(C)(C)OC(=O)/N=N\C(=O)O1. The summed E-state index contributed by atoms with van der Waals surface area (Å²) < 4.78 is 9.58. The predicted octanol–water partition coefficient (Wildman–Crippen LogP) is 2.65. The van der Waals surface area contributed by atoms with Crippen molar-refractivity contribution in [3.05, 3.63) is 0 Å². The molecule has 0 saturated heterocycles. The first kappa shape index (κ1) is 12.2. The lowest BCUT2D eigenvalue weighted by atomic mass is 10.3. The fourth-order valence-electron chi connectivity index (χ4n) is 0.831. The second kappa shape index (κ2) is 3.95. The average molecular weight is 228 g/mol. The third-order valence-corrected chi connectivity index (χ3v) is 1.42. The van der Waals surface area contributed by atoms with Crippen LogP contribution < -0.4 is 0 Å². The Bertz CT molecular complexity index is 338. The number of ether oxygens (including phenoxy) is 2. The number of carbonyl (C=O) groups is 2. The fourth-order valence-corrected chi connectivity index (χ4v) is 0.831. The summed E-state index contributed by atoms with van der Waals surface area (Å²) in [7, 11) is 0. The molecule has 0 fully saturated rings. The van der Waals surface area contributed by atoms with Crippen molar-refractivity contribution in [2.75, 3.05) is 0 Å². The number of carbonyl (C=O) groups excluding carboxylic acids is 2. The summed E-state index contributed by atoms with van der Waals surface area (Å²) in [6.07, 6.45) is -2.05. The van der Waals surface area contributed by atoms with Gasteiger partial charge < -0.3 is 9.47 Å². The van der Waals surface area contributed by atoms with Crippen molar-refractivity contribution < 1.29 is 19.1 Å². The van der Waals surface area contributed by atoms with Gasteiger partial charge in [0.25, 0.3) is 0 Å². The Hall–Kier alpha value is -1.86. The molecule has 0 aromatic rings. The van der Waals surface area contributed by atoms with Crippen molar-refractivity contribution in [3.63, 3.8) is 0 Å². The highest BCUT2D eigenvalue weighted by atomic mass is 16.6. The maximum Gasteiger partial charge on any atom is 0.454 e. The lowest BCUT2D eigenvalue weighted by Crippen LogP contribution is -2.29. The fraction of sp³-hybridized carbons (Fsp3) is 0.750. The number of hydrogen-bond acceptors (Lipinski definition) is 6. The van der Waals surface area contributed by atoms with Crippen LogP contribution in [0.1, 0.15) is 27.7 Å². The van der Waals surface area contributed by atoms with Gasteiger partial charge >= 0.3 is 12.2 Å². The van der Waals surface area contributed by atoms with Crippen LogP contribution in [0.4, 0.5) is 9.59 Å². The smallest absolute Gasteiger partial charge is 0.417 e. The molecule has 0 aliphatic carbocycles. The molecule has 16 heavy (non-hydrogen) atoms. The molecule has 8 nitrogen and oxygen atoms in total. The van der Waals surface area contributed by atoms with Gasteiger partial charge in [-0.3, -0.25) is 0 Å². The number of hydrogen-bond donors (Lipinski definition) is 0. The largest absolute Gasteiger partial charge is 0.454 e. The highest BCUT2D eigenvalue weighted by molar-refractivity contribution is 5.73. The summed E-state index contributed by atoms with van der Waals surface area (Å²) in [5, 5.41) is 13.5. The molecule has 1 heterocycles. The molecule has 0 spiro atoms. The van der Waals surface area contributed by atoms with Crippen molar-refractivity contribution in [1.29, 1.82) is 0 Å². The highest BCUT2D eigenvalue weighted by Crippen LogP contribution is 2.20. The van der Waals surface area contributed by atoms with Crippen molar-refractivity contribution in [2.24, 2.45) is 20.5 Å². The number of nitrogens with zero attached hydrogens (tertiary/aromatic N) is 4. The molecule has 0 bridgehead atoms. The Morgan fingerprint density at radius 2 is 1.12 bits per heavy atom. The van der Waals surface area contributed by atoms with Gasteiger partial charge in [-0.2, -0.15) is 0 Å². The first-order valence-electron chi connectivity index (χ1n) is 4.52. The van der Waals surface area contributed by atoms with Crippen LogP contribution in [0.2, 0.25) is 0 Å². The van der Waals surface area contributed by atoms with E-state index >= 15 is 0 Å². The molecular formula is C8H12N4O4. The standard InChI is InChI=1S/C8H12N4O4/c1-7(2)11-12-8(3,4)16-6(14)10-9-5(13)15-7/h1-4H3/b10-9-,12-11-. The Kier molecular flexibility index (Phi) is 3.02. The lowest BCUT2D eigenvalue weighted by molar-refractivity contribution is 0.0117. The molecule has 2 amide bonds. The van der Waals surface area contributed by atoms with Crippen LogP contribution in [0.25, 0.3) is 0 Å². The monoisotopic (exact) mass is 228 g/mol. The van der Waals surface area contributed by atoms with Gasteiger partial charge in [-0.1, -0.05) is 10.2 Å². The Morgan fingerprint density at radius 3 is 1.44 bits per heavy atom. The summed E-state index contributed by atoms with van der Waals surface area (Å²) in [6.45, 7) is 6.07. The van der Waals surface area contributed by atoms with E-state index in [2.05, 4.69) is 20.5 Å². The van der Waals surface area contributed by atoms with Gasteiger partial charge in [0, 0.05) is 0 Å². The van der Waals surface area contributed by atoms with Crippen LogP contribution in [0.5, 0.6) is 0 Å². The van der Waals surface area contributed by atoms with E-state index in [1.165, 1.54) is 27.7 Å². The highest BCUT2D eigenvalue weighted by Gasteiger charge is 2.28. The van der Waals surface area contributed by atoms with Gasteiger partial charge in [0.1, 0.15) is 0 Å². The Morgan fingerprint density at radius 1 is 0.812 bits per heavy atom. The van der Waals surface area contributed by atoms with E-state index < -0.39 is 23.6 Å². The summed E-state index contributed by atoms with van der Waals surface area (Å²) in [6, 6.07) is 0. The van der Waals surface area contributed by atoms with Gasteiger partial charge in [-0.15, -0.1) is 10.2 Å². The summed E-state index contributed by atoms with van der Waals surface area (Å²) in [4.78, 5) is 22.1. The van der Waals surface area contributed by atoms with Gasteiger partial charge in [-0.05, 0) is 27.7 Å². The number of rotatable bonds is 0. The molecular weight excluding hydrogens is 216 g/mol. The summed E-state index contributed by atoms with van der Waals surface area (Å²) >= 11 is 0. The van der Waals surface area contributed by atoms with E-state index in [-0.39, 0.29) is 0 Å². The first-order chi connectivity index (χ1) is 7.20. The van der Waals surface area contributed by atoms with Gasteiger partial charge in [0.15, 0.2) is 0 Å². The third kappa shape index (κ3) is 3.71. The van der Waals surface area contributed by atoms with E-state index in [4.69, 9.17) is 9.47 Å². The number of cyclic esters (lactones) is 2.